The van der Waals surface area contributed by atoms with Crippen molar-refractivity contribution in [3.05, 3.63) is 40.8 Å². The molecule has 0 saturated carbocycles. The third-order valence-corrected chi connectivity index (χ3v) is 3.22. The first-order valence-corrected chi connectivity index (χ1v) is 6.21. The van der Waals surface area contributed by atoms with Gasteiger partial charge in [-0.1, -0.05) is 28.1 Å². The smallest absolute Gasteiger partial charge is 0.321 e. The van der Waals surface area contributed by atoms with Gasteiger partial charge in [-0.25, -0.2) is 4.98 Å². The molecular weight excluding hydrogens is 300 g/mol. The van der Waals surface area contributed by atoms with Crippen LogP contribution < -0.4 is 5.56 Å². The molecule has 0 radical (unpaired) electrons. The molecule has 0 spiro atoms. The molecular formula is C12H11BrN2O3. The predicted octanol–water partition coefficient (Wildman–Crippen LogP) is 1.33. The standard InChI is InChI=1S/C12H11BrN2O3/c1-18-12(17)8(13)7-15-10-5-3-2-4-9(10)14-6-11(15)16/h2-6,8H,7H2,1H3. The summed E-state index contributed by atoms with van der Waals surface area (Å²) in [5.74, 6) is -0.414. The molecule has 0 fully saturated rings. The van der Waals surface area contributed by atoms with Crippen molar-refractivity contribution in [1.82, 2.24) is 9.55 Å². The zero-order valence-corrected chi connectivity index (χ0v) is 11.3. The number of methoxy groups -OCH3 is 1. The molecule has 1 unspecified atom stereocenters. The Morgan fingerprint density at radius 2 is 2.22 bits per heavy atom. The number of aromatic nitrogens is 2. The van der Waals surface area contributed by atoms with Gasteiger partial charge in [0.15, 0.2) is 0 Å². The summed E-state index contributed by atoms with van der Waals surface area (Å²) in [6, 6.07) is 7.27. The lowest BCUT2D eigenvalue weighted by atomic mass is 10.3. The zero-order valence-electron chi connectivity index (χ0n) is 9.67. The molecule has 0 N–H and O–H groups in total. The highest BCUT2D eigenvalue weighted by Gasteiger charge is 2.17. The molecule has 18 heavy (non-hydrogen) atoms. The van der Waals surface area contributed by atoms with Crippen LogP contribution in [0.3, 0.4) is 0 Å². The van der Waals surface area contributed by atoms with E-state index in [4.69, 9.17) is 0 Å². The monoisotopic (exact) mass is 310 g/mol. The summed E-state index contributed by atoms with van der Waals surface area (Å²) in [6.07, 6.45) is 1.25. The fraction of sp³-hybridized carbons (Fsp3) is 0.250. The number of benzene rings is 1. The van der Waals surface area contributed by atoms with Gasteiger partial charge in [-0.15, -0.1) is 0 Å². The normalized spacial score (nSPS) is 12.3. The van der Waals surface area contributed by atoms with Gasteiger partial charge in [0, 0.05) is 6.54 Å². The van der Waals surface area contributed by atoms with Crippen LogP contribution in [0.1, 0.15) is 0 Å². The van der Waals surface area contributed by atoms with Gasteiger partial charge < -0.3 is 9.30 Å². The molecule has 0 bridgehead atoms. The summed E-state index contributed by atoms with van der Waals surface area (Å²) in [5, 5.41) is 0. The number of carbonyl (C=O) groups excluding carboxylic acids is 1. The molecule has 0 saturated heterocycles. The topological polar surface area (TPSA) is 61.2 Å². The van der Waals surface area contributed by atoms with Gasteiger partial charge in [-0.05, 0) is 12.1 Å². The summed E-state index contributed by atoms with van der Waals surface area (Å²) in [5.41, 5.74) is 1.15. The maximum absolute atomic E-state index is 11.8. The van der Waals surface area contributed by atoms with E-state index < -0.39 is 10.8 Å². The van der Waals surface area contributed by atoms with Crippen molar-refractivity contribution in [3.8, 4) is 0 Å². The second-order valence-electron chi connectivity index (χ2n) is 3.69. The number of alkyl halides is 1. The maximum atomic E-state index is 11.8. The van der Waals surface area contributed by atoms with Crippen LogP contribution in [0.2, 0.25) is 0 Å². The molecule has 1 heterocycles. The summed E-state index contributed by atoms with van der Waals surface area (Å²) in [7, 11) is 1.31. The van der Waals surface area contributed by atoms with E-state index in [2.05, 4.69) is 25.7 Å². The number of fused-ring (bicyclic) bond motifs is 1. The Kier molecular flexibility index (Phi) is 3.76. The van der Waals surface area contributed by atoms with Crippen LogP contribution in [0.5, 0.6) is 0 Å². The quantitative estimate of drug-likeness (QED) is 0.634. The number of carbonyl (C=O) groups is 1. The van der Waals surface area contributed by atoms with Crippen molar-refractivity contribution in [3.63, 3.8) is 0 Å². The summed E-state index contributed by atoms with van der Waals surface area (Å²) in [4.78, 5) is 26.7. The first kappa shape index (κ1) is 12.8. The van der Waals surface area contributed by atoms with Gasteiger partial charge in [0.05, 0.1) is 24.3 Å². The summed E-state index contributed by atoms with van der Waals surface area (Å²) < 4.78 is 6.12. The molecule has 5 nitrogen and oxygen atoms in total. The minimum Gasteiger partial charge on any atom is -0.468 e. The second-order valence-corrected chi connectivity index (χ2v) is 4.79. The van der Waals surface area contributed by atoms with Gasteiger partial charge in [0.1, 0.15) is 4.83 Å². The van der Waals surface area contributed by atoms with Gasteiger partial charge in [0.25, 0.3) is 5.56 Å². The van der Waals surface area contributed by atoms with E-state index in [1.165, 1.54) is 17.9 Å². The third-order valence-electron chi connectivity index (χ3n) is 2.55. The van der Waals surface area contributed by atoms with Crippen molar-refractivity contribution in [1.29, 1.82) is 0 Å². The van der Waals surface area contributed by atoms with E-state index in [0.29, 0.717) is 11.0 Å². The SMILES string of the molecule is COC(=O)C(Br)Cn1c(=O)cnc2ccccc21. The Hall–Kier alpha value is -1.69. The molecule has 1 aromatic heterocycles. The molecule has 0 aliphatic heterocycles. The number of hydrogen-bond acceptors (Lipinski definition) is 4. The van der Waals surface area contributed by atoms with E-state index in [1.54, 1.807) is 6.07 Å². The van der Waals surface area contributed by atoms with Gasteiger partial charge in [-0.2, -0.15) is 0 Å². The van der Waals surface area contributed by atoms with E-state index >= 15 is 0 Å². The van der Waals surface area contributed by atoms with Crippen LogP contribution in [-0.2, 0) is 16.1 Å². The van der Waals surface area contributed by atoms with Gasteiger partial charge >= 0.3 is 5.97 Å². The third kappa shape index (κ3) is 2.43. The fourth-order valence-electron chi connectivity index (χ4n) is 1.67. The Bertz CT molecular complexity index is 639. The van der Waals surface area contributed by atoms with E-state index in [9.17, 15) is 9.59 Å². The van der Waals surface area contributed by atoms with Crippen molar-refractivity contribution < 1.29 is 9.53 Å². The summed E-state index contributed by atoms with van der Waals surface area (Å²) >= 11 is 3.21. The van der Waals surface area contributed by atoms with Crippen LogP contribution in [0.4, 0.5) is 0 Å². The van der Waals surface area contributed by atoms with E-state index in [0.717, 1.165) is 0 Å². The predicted molar refractivity (Wildman–Crippen MR) is 70.7 cm³/mol. The highest BCUT2D eigenvalue weighted by atomic mass is 79.9. The lowest BCUT2D eigenvalue weighted by molar-refractivity contribution is -0.140. The number of ether oxygens (including phenoxy) is 1. The average Bonchev–Trinajstić information content (AvgIpc) is 2.41. The number of rotatable bonds is 3. The first-order chi connectivity index (χ1) is 8.63. The molecule has 6 heteroatoms. The maximum Gasteiger partial charge on any atom is 0.321 e. The van der Waals surface area contributed by atoms with E-state index in [1.807, 2.05) is 18.2 Å². The van der Waals surface area contributed by atoms with E-state index in [-0.39, 0.29) is 12.1 Å². The fourth-order valence-corrected chi connectivity index (χ4v) is 2.14. The molecule has 1 aromatic carbocycles. The van der Waals surface area contributed by atoms with Crippen molar-refractivity contribution >= 4 is 32.9 Å². The summed E-state index contributed by atoms with van der Waals surface area (Å²) in [6.45, 7) is 0.203. The highest BCUT2D eigenvalue weighted by molar-refractivity contribution is 9.10. The minimum atomic E-state index is -0.564. The molecule has 2 rings (SSSR count). The van der Waals surface area contributed by atoms with Crippen molar-refractivity contribution in [2.75, 3.05) is 7.11 Å². The zero-order chi connectivity index (χ0) is 13.1. The van der Waals surface area contributed by atoms with Crippen molar-refractivity contribution in [2.24, 2.45) is 0 Å². The number of hydrogen-bond donors (Lipinski definition) is 0. The Balaban J connectivity index is 2.47. The number of esters is 1. The largest absolute Gasteiger partial charge is 0.468 e. The van der Waals surface area contributed by atoms with Crippen LogP contribution in [-0.4, -0.2) is 27.5 Å². The number of nitrogens with zero attached hydrogens (tertiary/aromatic N) is 2. The Morgan fingerprint density at radius 1 is 1.50 bits per heavy atom. The second kappa shape index (κ2) is 5.30. The number of para-hydroxylation sites is 2. The van der Waals surface area contributed by atoms with Crippen molar-refractivity contribution in [2.45, 2.75) is 11.4 Å². The van der Waals surface area contributed by atoms with Crippen LogP contribution in [0, 0.1) is 0 Å². The average molecular weight is 311 g/mol. The van der Waals surface area contributed by atoms with Crippen LogP contribution >= 0.6 is 15.9 Å². The van der Waals surface area contributed by atoms with Crippen LogP contribution in [0.15, 0.2) is 35.3 Å². The molecule has 2 aromatic rings. The number of halogens is 1. The Labute approximate surface area is 112 Å². The molecule has 0 aliphatic carbocycles. The molecule has 0 amide bonds. The van der Waals surface area contributed by atoms with Crippen LogP contribution in [0.25, 0.3) is 11.0 Å². The van der Waals surface area contributed by atoms with Gasteiger partial charge in [-0.3, -0.25) is 9.59 Å². The lowest BCUT2D eigenvalue weighted by Crippen LogP contribution is -2.29. The molecule has 94 valence electrons. The van der Waals surface area contributed by atoms with Gasteiger partial charge in [0.2, 0.25) is 0 Å². The highest BCUT2D eigenvalue weighted by Crippen LogP contribution is 2.11. The Morgan fingerprint density at radius 3 is 2.94 bits per heavy atom. The lowest BCUT2D eigenvalue weighted by Gasteiger charge is -2.12. The minimum absolute atomic E-state index is 0.203. The molecule has 1 atom stereocenters. The molecule has 0 aliphatic rings. The first-order valence-electron chi connectivity index (χ1n) is 5.30.